The summed E-state index contributed by atoms with van der Waals surface area (Å²) in [5.41, 5.74) is 2.09. The van der Waals surface area contributed by atoms with Crippen LogP contribution >= 0.6 is 27.3 Å². The number of hydrogen-bond donors (Lipinski definition) is 0. The molecule has 0 saturated carbocycles. The van der Waals surface area contributed by atoms with Gasteiger partial charge in [0, 0.05) is 15.4 Å². The van der Waals surface area contributed by atoms with Crippen molar-refractivity contribution in [1.29, 1.82) is 0 Å². The van der Waals surface area contributed by atoms with Crippen LogP contribution in [0.25, 0.3) is 11.0 Å². The van der Waals surface area contributed by atoms with Gasteiger partial charge in [0.1, 0.15) is 11.3 Å². The molecule has 0 N–H and O–H groups in total. The number of aryl methyl sites for hydroxylation is 2. The number of fused-ring (bicyclic) bond motifs is 2. The molecule has 1 unspecified atom stereocenters. The van der Waals surface area contributed by atoms with Gasteiger partial charge in [-0.2, -0.15) is 0 Å². The molecule has 2 aromatic heterocycles. The highest BCUT2D eigenvalue weighted by Gasteiger charge is 2.45. The summed E-state index contributed by atoms with van der Waals surface area (Å²) in [7, 11) is 0. The van der Waals surface area contributed by atoms with Crippen molar-refractivity contribution < 1.29 is 13.9 Å². The number of thiazole rings is 1. The van der Waals surface area contributed by atoms with Gasteiger partial charge in [0.25, 0.3) is 5.91 Å². The lowest BCUT2D eigenvalue weighted by molar-refractivity contribution is 0.0971. The first-order chi connectivity index (χ1) is 15.4. The fourth-order valence-corrected chi connectivity index (χ4v) is 5.31. The standard InChI is InChI=1S/C24H19BrN2O4S/c1-4-30-16-8-9-17-18(11-16)31-22-19(21(17)28)20(14-6-5-7-15(25)10-14)27(23(22)29)24-26-12(2)13(3)32-24/h5-11,20H,4H2,1-3H3. The fourth-order valence-electron chi connectivity index (χ4n) is 3.96. The molecule has 4 aromatic rings. The third-order valence-corrected chi connectivity index (χ3v) is 7.11. The van der Waals surface area contributed by atoms with E-state index in [1.807, 2.05) is 45.0 Å². The molecule has 0 spiro atoms. The predicted octanol–water partition coefficient (Wildman–Crippen LogP) is 5.78. The van der Waals surface area contributed by atoms with Gasteiger partial charge >= 0.3 is 0 Å². The Morgan fingerprint density at radius 2 is 2.00 bits per heavy atom. The van der Waals surface area contributed by atoms with Crippen molar-refractivity contribution in [3.63, 3.8) is 0 Å². The Labute approximate surface area is 196 Å². The van der Waals surface area contributed by atoms with Gasteiger partial charge in [-0.05, 0) is 50.6 Å². The molecule has 8 heteroatoms. The molecule has 1 aliphatic heterocycles. The van der Waals surface area contributed by atoms with Gasteiger partial charge < -0.3 is 9.15 Å². The quantitative estimate of drug-likeness (QED) is 0.348. The Kier molecular flexibility index (Phi) is 5.14. The smallest absolute Gasteiger partial charge is 0.297 e. The zero-order chi connectivity index (χ0) is 22.6. The van der Waals surface area contributed by atoms with Crippen LogP contribution in [0.2, 0.25) is 0 Å². The molecule has 162 valence electrons. The van der Waals surface area contributed by atoms with E-state index < -0.39 is 6.04 Å². The van der Waals surface area contributed by atoms with E-state index in [1.165, 1.54) is 11.3 Å². The van der Waals surface area contributed by atoms with Crippen molar-refractivity contribution in [3.05, 3.63) is 84.6 Å². The van der Waals surface area contributed by atoms with E-state index in [9.17, 15) is 9.59 Å². The van der Waals surface area contributed by atoms with Gasteiger partial charge in [0.05, 0.1) is 29.3 Å². The number of carbonyl (C=O) groups is 1. The van der Waals surface area contributed by atoms with Crippen molar-refractivity contribution in [1.82, 2.24) is 4.98 Å². The van der Waals surface area contributed by atoms with Gasteiger partial charge in [-0.1, -0.05) is 28.1 Å². The second-order valence-corrected chi connectivity index (χ2v) is 9.63. The van der Waals surface area contributed by atoms with E-state index in [0.29, 0.717) is 34.0 Å². The number of benzene rings is 2. The number of ether oxygens (including phenoxy) is 1. The fraction of sp³-hybridized carbons (Fsp3) is 0.208. The van der Waals surface area contributed by atoms with Gasteiger partial charge in [-0.15, -0.1) is 11.3 Å². The van der Waals surface area contributed by atoms with Crippen molar-refractivity contribution in [3.8, 4) is 5.75 Å². The van der Waals surface area contributed by atoms with Gasteiger partial charge in [0.2, 0.25) is 5.76 Å². The van der Waals surface area contributed by atoms with E-state index >= 15 is 0 Å². The molecule has 3 heterocycles. The van der Waals surface area contributed by atoms with E-state index in [-0.39, 0.29) is 17.1 Å². The summed E-state index contributed by atoms with van der Waals surface area (Å²) in [6.07, 6.45) is 0. The lowest BCUT2D eigenvalue weighted by Crippen LogP contribution is -2.29. The summed E-state index contributed by atoms with van der Waals surface area (Å²) < 4.78 is 12.4. The molecule has 0 fully saturated rings. The van der Waals surface area contributed by atoms with Crippen LogP contribution in [0.3, 0.4) is 0 Å². The van der Waals surface area contributed by atoms with E-state index in [2.05, 4.69) is 20.9 Å². The molecule has 0 radical (unpaired) electrons. The van der Waals surface area contributed by atoms with Crippen LogP contribution in [0, 0.1) is 13.8 Å². The Bertz CT molecular complexity index is 1420. The maximum Gasteiger partial charge on any atom is 0.297 e. The number of hydrogen-bond acceptors (Lipinski definition) is 6. The van der Waals surface area contributed by atoms with E-state index in [0.717, 1.165) is 20.6 Å². The zero-order valence-corrected chi connectivity index (χ0v) is 20.0. The topological polar surface area (TPSA) is 72.6 Å². The Balaban J connectivity index is 1.79. The summed E-state index contributed by atoms with van der Waals surface area (Å²) in [6, 6.07) is 12.1. The number of amides is 1. The summed E-state index contributed by atoms with van der Waals surface area (Å²) >= 11 is 4.93. The minimum atomic E-state index is -0.632. The molecule has 6 nitrogen and oxygen atoms in total. The highest BCUT2D eigenvalue weighted by atomic mass is 79.9. The average Bonchev–Trinajstić information content (AvgIpc) is 3.24. The molecule has 2 aromatic carbocycles. The normalized spacial score (nSPS) is 15.4. The number of halogens is 1. The van der Waals surface area contributed by atoms with Crippen molar-refractivity contribution in [2.24, 2.45) is 0 Å². The average molecular weight is 511 g/mol. The lowest BCUT2D eigenvalue weighted by atomic mass is 9.99. The van der Waals surface area contributed by atoms with Crippen molar-refractivity contribution >= 4 is 49.3 Å². The summed E-state index contributed by atoms with van der Waals surface area (Å²) in [5.74, 6) is 0.256. The molecule has 1 amide bonds. The first kappa shape index (κ1) is 20.9. The number of aromatic nitrogens is 1. The maximum atomic E-state index is 13.6. The molecular weight excluding hydrogens is 492 g/mol. The molecule has 0 bridgehead atoms. The highest BCUT2D eigenvalue weighted by Crippen LogP contribution is 2.43. The number of carbonyl (C=O) groups excluding carboxylic acids is 1. The Morgan fingerprint density at radius 1 is 1.19 bits per heavy atom. The highest BCUT2D eigenvalue weighted by molar-refractivity contribution is 9.10. The predicted molar refractivity (Wildman–Crippen MR) is 128 cm³/mol. The van der Waals surface area contributed by atoms with E-state index in [4.69, 9.17) is 9.15 Å². The molecule has 1 atom stereocenters. The second-order valence-electron chi connectivity index (χ2n) is 7.54. The largest absolute Gasteiger partial charge is 0.494 e. The van der Waals surface area contributed by atoms with Crippen molar-refractivity contribution in [2.75, 3.05) is 11.5 Å². The second kappa shape index (κ2) is 7.86. The monoisotopic (exact) mass is 510 g/mol. The molecule has 0 saturated heterocycles. The van der Waals surface area contributed by atoms with Crippen LogP contribution < -0.4 is 15.1 Å². The first-order valence-corrected chi connectivity index (χ1v) is 11.8. The summed E-state index contributed by atoms with van der Waals surface area (Å²) in [4.78, 5) is 34.5. The van der Waals surface area contributed by atoms with Crippen molar-refractivity contribution in [2.45, 2.75) is 26.8 Å². The van der Waals surface area contributed by atoms with Crippen LogP contribution in [0.15, 0.2) is 56.1 Å². The Hall–Kier alpha value is -2.97. The molecule has 5 rings (SSSR count). The van der Waals surface area contributed by atoms with Crippen LogP contribution in [0.4, 0.5) is 5.13 Å². The SMILES string of the molecule is CCOc1ccc2c(=O)c3c(oc2c1)C(=O)N(c1nc(C)c(C)s1)C3c1cccc(Br)c1. The van der Waals surface area contributed by atoms with Gasteiger partial charge in [0.15, 0.2) is 10.6 Å². The molecule has 32 heavy (non-hydrogen) atoms. The third kappa shape index (κ3) is 3.25. The minimum absolute atomic E-state index is 0.0478. The van der Waals surface area contributed by atoms with Crippen LogP contribution in [0.1, 0.15) is 45.2 Å². The molecule has 0 aliphatic carbocycles. The maximum absolute atomic E-state index is 13.6. The lowest BCUT2D eigenvalue weighted by Gasteiger charge is -2.22. The Morgan fingerprint density at radius 3 is 2.69 bits per heavy atom. The zero-order valence-electron chi connectivity index (χ0n) is 17.6. The number of anilines is 1. The van der Waals surface area contributed by atoms with Crippen LogP contribution in [-0.2, 0) is 0 Å². The third-order valence-electron chi connectivity index (χ3n) is 5.54. The number of nitrogens with zero attached hydrogens (tertiary/aromatic N) is 2. The van der Waals surface area contributed by atoms with Crippen LogP contribution in [-0.4, -0.2) is 17.5 Å². The van der Waals surface area contributed by atoms with Gasteiger partial charge in [-0.3, -0.25) is 14.5 Å². The van der Waals surface area contributed by atoms with Gasteiger partial charge in [-0.25, -0.2) is 4.98 Å². The van der Waals surface area contributed by atoms with E-state index in [1.54, 1.807) is 23.1 Å². The molecule has 1 aliphatic rings. The minimum Gasteiger partial charge on any atom is -0.494 e. The molecular formula is C24H19BrN2O4S. The summed E-state index contributed by atoms with van der Waals surface area (Å²) in [5, 5.41) is 0.952. The number of rotatable bonds is 4. The summed E-state index contributed by atoms with van der Waals surface area (Å²) in [6.45, 7) is 6.24. The first-order valence-electron chi connectivity index (χ1n) is 10.2. The van der Waals surface area contributed by atoms with Crippen LogP contribution in [0.5, 0.6) is 5.75 Å².